The quantitative estimate of drug-likeness (QED) is 0.911. The Morgan fingerprint density at radius 3 is 2.75 bits per heavy atom. The predicted octanol–water partition coefficient (Wildman–Crippen LogP) is 3.30. The van der Waals surface area contributed by atoms with Crippen LogP contribution >= 0.6 is 0 Å². The number of methoxy groups -OCH3 is 1. The van der Waals surface area contributed by atoms with Gasteiger partial charge in [-0.1, -0.05) is 13.8 Å². The maximum atomic E-state index is 13.6. The van der Waals surface area contributed by atoms with Gasteiger partial charge in [0.25, 0.3) is 0 Å². The number of nitrogens with one attached hydrogen (secondary N) is 1. The van der Waals surface area contributed by atoms with Crippen molar-refractivity contribution in [3.05, 3.63) is 41.5 Å². The molecule has 0 aliphatic carbocycles. The minimum Gasteiger partial charge on any atom is -0.494 e. The van der Waals surface area contributed by atoms with E-state index in [1.54, 1.807) is 16.8 Å². The number of hydrogen-bond donors (Lipinski definition) is 1. The van der Waals surface area contributed by atoms with E-state index in [4.69, 9.17) is 4.74 Å². The minimum atomic E-state index is -0.368. The van der Waals surface area contributed by atoms with Gasteiger partial charge in [-0.2, -0.15) is 5.10 Å². The van der Waals surface area contributed by atoms with Crippen molar-refractivity contribution in [3.63, 3.8) is 0 Å². The molecule has 20 heavy (non-hydrogen) atoms. The Bertz CT molecular complexity index is 593. The summed E-state index contributed by atoms with van der Waals surface area (Å²) in [5, 5.41) is 7.66. The molecule has 0 aliphatic heterocycles. The molecule has 0 bridgehead atoms. The zero-order chi connectivity index (χ0) is 14.7. The topological polar surface area (TPSA) is 39.1 Å². The fraction of sp³-hybridized carbons (Fsp3) is 0.400. The van der Waals surface area contributed by atoms with Crippen molar-refractivity contribution < 1.29 is 9.13 Å². The van der Waals surface area contributed by atoms with Crippen LogP contribution in [0.15, 0.2) is 24.4 Å². The van der Waals surface area contributed by atoms with Crippen LogP contribution in [0.2, 0.25) is 0 Å². The van der Waals surface area contributed by atoms with E-state index < -0.39 is 0 Å². The molecule has 1 N–H and O–H groups in total. The lowest BCUT2D eigenvalue weighted by Gasteiger charge is -2.09. The molecule has 0 unspecified atom stereocenters. The molecular formula is C15H20FN3O. The number of nitrogens with zero attached hydrogens (tertiary/aromatic N) is 2. The normalized spacial score (nSPS) is 10.9. The average Bonchev–Trinajstić information content (AvgIpc) is 2.78. The van der Waals surface area contributed by atoms with Crippen LogP contribution in [0.25, 0.3) is 0 Å². The third-order valence-corrected chi connectivity index (χ3v) is 3.12. The van der Waals surface area contributed by atoms with Crippen LogP contribution in [-0.2, 0) is 13.6 Å². The second-order valence-corrected chi connectivity index (χ2v) is 5.07. The Morgan fingerprint density at radius 1 is 1.40 bits per heavy atom. The first-order valence-electron chi connectivity index (χ1n) is 6.61. The van der Waals surface area contributed by atoms with Gasteiger partial charge in [0.15, 0.2) is 11.6 Å². The predicted molar refractivity (Wildman–Crippen MR) is 77.6 cm³/mol. The molecule has 2 rings (SSSR count). The van der Waals surface area contributed by atoms with E-state index in [1.165, 1.54) is 13.2 Å². The SMILES string of the molecule is COc1ccc(NCc2cn(C)nc2C(C)C)cc1F. The summed E-state index contributed by atoms with van der Waals surface area (Å²) in [5.74, 6) is 0.244. The number of halogens is 1. The van der Waals surface area contributed by atoms with Crippen molar-refractivity contribution in [2.45, 2.75) is 26.3 Å². The van der Waals surface area contributed by atoms with Crippen molar-refractivity contribution in [2.24, 2.45) is 7.05 Å². The van der Waals surface area contributed by atoms with Gasteiger partial charge in [0.1, 0.15) is 0 Å². The lowest BCUT2D eigenvalue weighted by atomic mass is 10.1. The molecule has 2 aromatic rings. The van der Waals surface area contributed by atoms with E-state index >= 15 is 0 Å². The summed E-state index contributed by atoms with van der Waals surface area (Å²) in [4.78, 5) is 0. The van der Waals surface area contributed by atoms with Crippen molar-refractivity contribution in [3.8, 4) is 5.75 Å². The number of aromatic nitrogens is 2. The van der Waals surface area contributed by atoms with Gasteiger partial charge in [-0.15, -0.1) is 0 Å². The van der Waals surface area contributed by atoms with Crippen molar-refractivity contribution in [1.29, 1.82) is 0 Å². The zero-order valence-corrected chi connectivity index (χ0v) is 12.3. The monoisotopic (exact) mass is 277 g/mol. The Labute approximate surface area is 118 Å². The van der Waals surface area contributed by atoms with Crippen molar-refractivity contribution in [2.75, 3.05) is 12.4 Å². The number of benzene rings is 1. The first-order valence-corrected chi connectivity index (χ1v) is 6.61. The van der Waals surface area contributed by atoms with Gasteiger partial charge >= 0.3 is 0 Å². The second kappa shape index (κ2) is 5.94. The highest BCUT2D eigenvalue weighted by Crippen LogP contribution is 2.22. The van der Waals surface area contributed by atoms with Gasteiger partial charge in [-0.3, -0.25) is 4.68 Å². The Morgan fingerprint density at radius 2 is 2.15 bits per heavy atom. The summed E-state index contributed by atoms with van der Waals surface area (Å²) in [5.41, 5.74) is 2.91. The number of rotatable bonds is 5. The lowest BCUT2D eigenvalue weighted by molar-refractivity contribution is 0.386. The van der Waals surface area contributed by atoms with Gasteiger partial charge in [0.2, 0.25) is 0 Å². The largest absolute Gasteiger partial charge is 0.494 e. The highest BCUT2D eigenvalue weighted by Gasteiger charge is 2.11. The summed E-state index contributed by atoms with van der Waals surface area (Å²) in [6.07, 6.45) is 1.99. The lowest BCUT2D eigenvalue weighted by Crippen LogP contribution is -2.03. The highest BCUT2D eigenvalue weighted by molar-refractivity contribution is 5.47. The fourth-order valence-corrected chi connectivity index (χ4v) is 2.15. The molecule has 108 valence electrons. The van der Waals surface area contributed by atoms with Crippen LogP contribution in [0.1, 0.15) is 31.0 Å². The highest BCUT2D eigenvalue weighted by atomic mass is 19.1. The molecule has 0 saturated heterocycles. The van der Waals surface area contributed by atoms with Crippen LogP contribution < -0.4 is 10.1 Å². The van der Waals surface area contributed by atoms with Crippen molar-refractivity contribution >= 4 is 5.69 Å². The molecule has 0 spiro atoms. The molecule has 5 heteroatoms. The molecule has 0 amide bonds. The molecule has 0 aliphatic rings. The van der Waals surface area contributed by atoms with Crippen LogP contribution in [0.3, 0.4) is 0 Å². The number of hydrogen-bond acceptors (Lipinski definition) is 3. The van der Waals surface area contributed by atoms with Gasteiger partial charge in [0.05, 0.1) is 12.8 Å². The van der Waals surface area contributed by atoms with Gasteiger partial charge < -0.3 is 10.1 Å². The van der Waals surface area contributed by atoms with E-state index in [2.05, 4.69) is 24.3 Å². The maximum absolute atomic E-state index is 13.6. The zero-order valence-electron chi connectivity index (χ0n) is 12.3. The molecule has 0 fully saturated rings. The number of ether oxygens (including phenoxy) is 1. The number of anilines is 1. The third kappa shape index (κ3) is 3.10. The second-order valence-electron chi connectivity index (χ2n) is 5.07. The molecule has 1 heterocycles. The molecule has 0 atom stereocenters. The molecule has 1 aromatic carbocycles. The summed E-state index contributed by atoms with van der Waals surface area (Å²) < 4.78 is 20.3. The summed E-state index contributed by atoms with van der Waals surface area (Å²) in [6.45, 7) is 4.84. The summed E-state index contributed by atoms with van der Waals surface area (Å²) >= 11 is 0. The van der Waals surface area contributed by atoms with Crippen LogP contribution in [0.5, 0.6) is 5.75 Å². The van der Waals surface area contributed by atoms with Crippen LogP contribution in [-0.4, -0.2) is 16.9 Å². The Kier molecular flexibility index (Phi) is 4.27. The van der Waals surface area contributed by atoms with Gasteiger partial charge in [-0.05, 0) is 18.1 Å². The van der Waals surface area contributed by atoms with Gasteiger partial charge in [0, 0.05) is 37.1 Å². The maximum Gasteiger partial charge on any atom is 0.167 e. The molecule has 0 saturated carbocycles. The Hall–Kier alpha value is -2.04. The number of aryl methyl sites for hydroxylation is 1. The first-order chi connectivity index (χ1) is 9.51. The van der Waals surface area contributed by atoms with E-state index in [-0.39, 0.29) is 11.6 Å². The first kappa shape index (κ1) is 14.4. The third-order valence-electron chi connectivity index (χ3n) is 3.12. The van der Waals surface area contributed by atoms with E-state index in [9.17, 15) is 4.39 Å². The van der Waals surface area contributed by atoms with Crippen LogP contribution in [0, 0.1) is 5.82 Å². The molecule has 0 radical (unpaired) electrons. The molecule has 1 aromatic heterocycles. The van der Waals surface area contributed by atoms with E-state index in [0.29, 0.717) is 12.5 Å². The van der Waals surface area contributed by atoms with Crippen LogP contribution in [0.4, 0.5) is 10.1 Å². The standard InChI is InChI=1S/C15H20FN3O/c1-10(2)15-11(9-19(3)18-15)8-17-12-5-6-14(20-4)13(16)7-12/h5-7,9-10,17H,8H2,1-4H3. The smallest absolute Gasteiger partial charge is 0.167 e. The molecule has 4 nitrogen and oxygen atoms in total. The van der Waals surface area contributed by atoms with Gasteiger partial charge in [-0.25, -0.2) is 4.39 Å². The Balaban J connectivity index is 2.11. The minimum absolute atomic E-state index is 0.250. The van der Waals surface area contributed by atoms with E-state index in [0.717, 1.165) is 16.9 Å². The summed E-state index contributed by atoms with van der Waals surface area (Å²) in [6, 6.07) is 4.85. The fourth-order valence-electron chi connectivity index (χ4n) is 2.15. The summed E-state index contributed by atoms with van der Waals surface area (Å²) in [7, 11) is 3.36. The van der Waals surface area contributed by atoms with E-state index in [1.807, 2.05) is 13.2 Å². The average molecular weight is 277 g/mol. The molecular weight excluding hydrogens is 257 g/mol. The van der Waals surface area contributed by atoms with Crippen molar-refractivity contribution in [1.82, 2.24) is 9.78 Å².